The van der Waals surface area contributed by atoms with Gasteiger partial charge in [-0.25, -0.2) is 15.0 Å². The zero-order valence-electron chi connectivity index (χ0n) is 11.3. The van der Waals surface area contributed by atoms with Gasteiger partial charge in [0.25, 0.3) is 0 Å². The zero-order valence-corrected chi connectivity index (χ0v) is 11.3. The molecule has 0 spiro atoms. The van der Waals surface area contributed by atoms with Crippen molar-refractivity contribution >= 4 is 16.9 Å². The molecule has 4 heterocycles. The van der Waals surface area contributed by atoms with Crippen molar-refractivity contribution < 1.29 is 0 Å². The van der Waals surface area contributed by atoms with Crippen LogP contribution < -0.4 is 4.90 Å². The first-order valence-corrected chi connectivity index (χ1v) is 6.78. The topological polar surface area (TPSA) is 51.8 Å². The summed E-state index contributed by atoms with van der Waals surface area (Å²) >= 11 is 0. The highest BCUT2D eigenvalue weighted by Gasteiger charge is 2.29. The van der Waals surface area contributed by atoms with Crippen molar-refractivity contribution in [3.8, 4) is 0 Å². The van der Waals surface area contributed by atoms with Gasteiger partial charge in [-0.15, -0.1) is 0 Å². The molecule has 0 aromatic carbocycles. The Morgan fingerprint density at radius 2 is 2.15 bits per heavy atom. The standard InChI is InChI=1S/C14H16N6/c1-18-4-2-12-13(18)16-9-17-14(12)20-7-11(8-20)6-19-5-3-15-10-19/h2-5,9-11H,6-8H2,1H3. The van der Waals surface area contributed by atoms with E-state index in [1.54, 1.807) is 6.33 Å². The number of rotatable bonds is 3. The zero-order chi connectivity index (χ0) is 13.5. The van der Waals surface area contributed by atoms with Gasteiger partial charge in [-0.05, 0) is 6.07 Å². The number of hydrogen-bond donors (Lipinski definition) is 0. The van der Waals surface area contributed by atoms with E-state index in [9.17, 15) is 0 Å². The van der Waals surface area contributed by atoms with Gasteiger partial charge in [0.05, 0.1) is 11.7 Å². The van der Waals surface area contributed by atoms with E-state index in [0.29, 0.717) is 5.92 Å². The monoisotopic (exact) mass is 268 g/mol. The highest BCUT2D eigenvalue weighted by molar-refractivity contribution is 5.88. The Hall–Kier alpha value is -2.37. The van der Waals surface area contributed by atoms with Crippen LogP contribution in [0.1, 0.15) is 0 Å². The maximum absolute atomic E-state index is 4.46. The van der Waals surface area contributed by atoms with Crippen molar-refractivity contribution in [2.24, 2.45) is 13.0 Å². The van der Waals surface area contributed by atoms with E-state index in [-0.39, 0.29) is 0 Å². The first-order chi connectivity index (χ1) is 9.81. The minimum atomic E-state index is 0.665. The van der Waals surface area contributed by atoms with Crippen molar-refractivity contribution in [2.75, 3.05) is 18.0 Å². The number of hydrogen-bond acceptors (Lipinski definition) is 4. The van der Waals surface area contributed by atoms with Crippen LogP contribution in [0.3, 0.4) is 0 Å². The number of nitrogens with zero attached hydrogens (tertiary/aromatic N) is 6. The number of imidazole rings is 1. The number of aromatic nitrogens is 5. The quantitative estimate of drug-likeness (QED) is 0.718. The molecule has 0 radical (unpaired) electrons. The molecule has 4 rings (SSSR count). The van der Waals surface area contributed by atoms with E-state index in [1.807, 2.05) is 36.5 Å². The molecule has 0 atom stereocenters. The molecule has 0 saturated carbocycles. The number of anilines is 1. The largest absolute Gasteiger partial charge is 0.355 e. The summed E-state index contributed by atoms with van der Waals surface area (Å²) in [6.07, 6.45) is 9.41. The summed E-state index contributed by atoms with van der Waals surface area (Å²) in [5.41, 5.74) is 0.994. The molecule has 1 fully saturated rings. The van der Waals surface area contributed by atoms with E-state index in [4.69, 9.17) is 0 Å². The smallest absolute Gasteiger partial charge is 0.145 e. The molecule has 1 aliphatic heterocycles. The minimum Gasteiger partial charge on any atom is -0.355 e. The SMILES string of the molecule is Cn1ccc2c(N3CC(Cn4ccnc4)C3)ncnc21. The summed E-state index contributed by atoms with van der Waals surface area (Å²) in [6.45, 7) is 3.11. The third-order valence-corrected chi connectivity index (χ3v) is 3.93. The molecule has 0 N–H and O–H groups in total. The maximum atomic E-state index is 4.46. The Morgan fingerprint density at radius 3 is 2.95 bits per heavy atom. The van der Waals surface area contributed by atoms with Gasteiger partial charge in [0.2, 0.25) is 0 Å². The molecule has 0 amide bonds. The molecule has 3 aromatic heterocycles. The second-order valence-electron chi connectivity index (χ2n) is 5.39. The normalized spacial score (nSPS) is 15.8. The molecule has 0 bridgehead atoms. The third kappa shape index (κ3) is 1.76. The second kappa shape index (κ2) is 4.33. The summed E-state index contributed by atoms with van der Waals surface area (Å²) in [5, 5.41) is 1.14. The average molecular weight is 268 g/mol. The Labute approximate surface area is 116 Å². The molecular formula is C14H16N6. The lowest BCUT2D eigenvalue weighted by Gasteiger charge is -2.40. The molecule has 3 aromatic rings. The van der Waals surface area contributed by atoms with Crippen molar-refractivity contribution in [1.82, 2.24) is 24.1 Å². The molecule has 6 nitrogen and oxygen atoms in total. The summed E-state index contributed by atoms with van der Waals surface area (Å²) in [4.78, 5) is 15.2. The van der Waals surface area contributed by atoms with Crippen LogP contribution in [0.25, 0.3) is 11.0 Å². The first kappa shape index (κ1) is 11.5. The van der Waals surface area contributed by atoms with Gasteiger partial charge in [-0.1, -0.05) is 0 Å². The van der Waals surface area contributed by atoms with Crippen LogP contribution >= 0.6 is 0 Å². The molecule has 0 unspecified atom stereocenters. The van der Waals surface area contributed by atoms with Crippen LogP contribution in [-0.2, 0) is 13.6 Å². The fourth-order valence-electron chi connectivity index (χ4n) is 2.87. The Kier molecular flexibility index (Phi) is 2.48. The van der Waals surface area contributed by atoms with Crippen LogP contribution in [0.5, 0.6) is 0 Å². The van der Waals surface area contributed by atoms with Gasteiger partial charge in [0.15, 0.2) is 0 Å². The molecule has 102 valence electrons. The summed E-state index contributed by atoms with van der Waals surface area (Å²) < 4.78 is 4.17. The highest BCUT2D eigenvalue weighted by Crippen LogP contribution is 2.29. The third-order valence-electron chi connectivity index (χ3n) is 3.93. The van der Waals surface area contributed by atoms with Crippen molar-refractivity contribution in [3.63, 3.8) is 0 Å². The van der Waals surface area contributed by atoms with Crippen LogP contribution in [0.4, 0.5) is 5.82 Å². The van der Waals surface area contributed by atoms with Crippen molar-refractivity contribution in [1.29, 1.82) is 0 Å². The molecular weight excluding hydrogens is 252 g/mol. The summed E-state index contributed by atoms with van der Waals surface area (Å²) in [6, 6.07) is 2.09. The molecule has 1 saturated heterocycles. The lowest BCUT2D eigenvalue weighted by atomic mass is 10.00. The van der Waals surface area contributed by atoms with Crippen LogP contribution in [0.15, 0.2) is 37.3 Å². The molecule has 6 heteroatoms. The molecule has 20 heavy (non-hydrogen) atoms. The Morgan fingerprint density at radius 1 is 1.25 bits per heavy atom. The van der Waals surface area contributed by atoms with E-state index < -0.39 is 0 Å². The van der Waals surface area contributed by atoms with E-state index in [1.165, 1.54) is 0 Å². The van der Waals surface area contributed by atoms with Gasteiger partial charge in [0.1, 0.15) is 17.8 Å². The Balaban J connectivity index is 1.52. The second-order valence-corrected chi connectivity index (χ2v) is 5.39. The maximum Gasteiger partial charge on any atom is 0.145 e. The van der Waals surface area contributed by atoms with Gasteiger partial charge in [0, 0.05) is 51.2 Å². The lowest BCUT2D eigenvalue weighted by molar-refractivity contribution is 0.356. The number of aryl methyl sites for hydroxylation is 1. The highest BCUT2D eigenvalue weighted by atomic mass is 15.3. The van der Waals surface area contributed by atoms with Crippen molar-refractivity contribution in [3.05, 3.63) is 37.3 Å². The predicted molar refractivity (Wildman–Crippen MR) is 76.4 cm³/mol. The van der Waals surface area contributed by atoms with Crippen LogP contribution in [0.2, 0.25) is 0 Å². The number of fused-ring (bicyclic) bond motifs is 1. The van der Waals surface area contributed by atoms with Crippen molar-refractivity contribution in [2.45, 2.75) is 6.54 Å². The van der Waals surface area contributed by atoms with Gasteiger partial charge < -0.3 is 14.0 Å². The summed E-state index contributed by atoms with van der Waals surface area (Å²) in [7, 11) is 2.01. The van der Waals surface area contributed by atoms with Crippen LogP contribution in [0, 0.1) is 5.92 Å². The summed E-state index contributed by atoms with van der Waals surface area (Å²) in [5.74, 6) is 1.72. The molecule has 0 aliphatic carbocycles. The van der Waals surface area contributed by atoms with E-state index in [2.05, 4.69) is 30.5 Å². The van der Waals surface area contributed by atoms with Crippen LogP contribution in [-0.4, -0.2) is 37.2 Å². The fourth-order valence-corrected chi connectivity index (χ4v) is 2.87. The Bertz CT molecular complexity index is 723. The fraction of sp³-hybridized carbons (Fsp3) is 0.357. The average Bonchev–Trinajstić information content (AvgIpc) is 3.04. The first-order valence-electron chi connectivity index (χ1n) is 6.78. The van der Waals surface area contributed by atoms with Gasteiger partial charge >= 0.3 is 0 Å². The van der Waals surface area contributed by atoms with E-state index in [0.717, 1.165) is 36.5 Å². The predicted octanol–water partition coefficient (Wildman–Crippen LogP) is 1.30. The minimum absolute atomic E-state index is 0.665. The lowest BCUT2D eigenvalue weighted by Crippen LogP contribution is -2.48. The molecule has 1 aliphatic rings. The van der Waals surface area contributed by atoms with E-state index >= 15 is 0 Å². The van der Waals surface area contributed by atoms with Gasteiger partial charge in [-0.2, -0.15) is 0 Å². The van der Waals surface area contributed by atoms with Gasteiger partial charge in [-0.3, -0.25) is 0 Å².